The molecule has 0 aromatic carbocycles. The van der Waals surface area contributed by atoms with Gasteiger partial charge in [-0.05, 0) is 50.8 Å². The minimum absolute atomic E-state index is 0.518. The SMILES string of the molecule is CC(C)N(CC1CCCN1)C1CSCC(C)(C)C1. The van der Waals surface area contributed by atoms with E-state index in [2.05, 4.69) is 49.7 Å². The lowest BCUT2D eigenvalue weighted by atomic mass is 9.86. The van der Waals surface area contributed by atoms with Crippen molar-refractivity contribution in [3.05, 3.63) is 0 Å². The number of hydrogen-bond donors (Lipinski definition) is 1. The molecule has 2 aliphatic heterocycles. The Morgan fingerprint density at radius 1 is 1.39 bits per heavy atom. The molecule has 18 heavy (non-hydrogen) atoms. The van der Waals surface area contributed by atoms with Crippen LogP contribution in [0.25, 0.3) is 0 Å². The Morgan fingerprint density at radius 2 is 2.17 bits per heavy atom. The Labute approximate surface area is 117 Å². The first kappa shape index (κ1) is 14.7. The number of thioether (sulfide) groups is 1. The third kappa shape index (κ3) is 3.88. The van der Waals surface area contributed by atoms with E-state index in [0.29, 0.717) is 11.5 Å². The van der Waals surface area contributed by atoms with Gasteiger partial charge >= 0.3 is 0 Å². The summed E-state index contributed by atoms with van der Waals surface area (Å²) in [6, 6.07) is 2.19. The lowest BCUT2D eigenvalue weighted by Gasteiger charge is -2.43. The summed E-state index contributed by atoms with van der Waals surface area (Å²) in [5, 5.41) is 3.65. The van der Waals surface area contributed by atoms with Crippen molar-refractivity contribution >= 4 is 11.8 Å². The smallest absolute Gasteiger partial charge is 0.0195 e. The molecule has 2 nitrogen and oxygen atoms in total. The Bertz CT molecular complexity index is 259. The van der Waals surface area contributed by atoms with Gasteiger partial charge in [0.25, 0.3) is 0 Å². The number of nitrogens with one attached hydrogen (secondary N) is 1. The first-order chi connectivity index (χ1) is 8.48. The molecule has 0 radical (unpaired) electrons. The van der Waals surface area contributed by atoms with Crippen LogP contribution in [0, 0.1) is 5.41 Å². The molecule has 3 heteroatoms. The summed E-state index contributed by atoms with van der Waals surface area (Å²) >= 11 is 2.15. The molecule has 2 heterocycles. The van der Waals surface area contributed by atoms with Crippen molar-refractivity contribution in [1.29, 1.82) is 0 Å². The summed E-state index contributed by atoms with van der Waals surface area (Å²) in [5.74, 6) is 2.66. The highest BCUT2D eigenvalue weighted by atomic mass is 32.2. The molecule has 2 aliphatic rings. The largest absolute Gasteiger partial charge is 0.313 e. The summed E-state index contributed by atoms with van der Waals surface area (Å²) in [6.07, 6.45) is 4.10. The molecular formula is C15H30N2S. The van der Waals surface area contributed by atoms with Gasteiger partial charge in [0, 0.05) is 30.4 Å². The van der Waals surface area contributed by atoms with Gasteiger partial charge in [-0.25, -0.2) is 0 Å². The number of rotatable bonds is 4. The molecular weight excluding hydrogens is 240 g/mol. The molecule has 2 unspecified atom stereocenters. The van der Waals surface area contributed by atoms with E-state index in [1.807, 2.05) is 0 Å². The highest BCUT2D eigenvalue weighted by Crippen LogP contribution is 2.36. The maximum absolute atomic E-state index is 3.65. The summed E-state index contributed by atoms with van der Waals surface area (Å²) < 4.78 is 0. The van der Waals surface area contributed by atoms with E-state index < -0.39 is 0 Å². The molecule has 0 aromatic heterocycles. The molecule has 2 saturated heterocycles. The first-order valence-electron chi connectivity index (χ1n) is 7.55. The quantitative estimate of drug-likeness (QED) is 0.845. The highest BCUT2D eigenvalue weighted by Gasteiger charge is 2.34. The molecule has 0 amide bonds. The van der Waals surface area contributed by atoms with Crippen LogP contribution in [0.3, 0.4) is 0 Å². The average molecular weight is 270 g/mol. The molecule has 0 aromatic rings. The fourth-order valence-corrected chi connectivity index (χ4v) is 4.76. The van der Waals surface area contributed by atoms with Gasteiger partial charge in [0.1, 0.15) is 0 Å². The van der Waals surface area contributed by atoms with E-state index in [-0.39, 0.29) is 0 Å². The second-order valence-electron chi connectivity index (χ2n) is 7.12. The van der Waals surface area contributed by atoms with Crippen LogP contribution in [0.1, 0.15) is 47.0 Å². The van der Waals surface area contributed by atoms with Crippen molar-refractivity contribution in [3.63, 3.8) is 0 Å². The summed E-state index contributed by atoms with van der Waals surface area (Å²) in [4.78, 5) is 2.76. The monoisotopic (exact) mass is 270 g/mol. The van der Waals surface area contributed by atoms with Crippen LogP contribution in [-0.2, 0) is 0 Å². The van der Waals surface area contributed by atoms with Crippen LogP contribution in [0.4, 0.5) is 0 Å². The van der Waals surface area contributed by atoms with Crippen LogP contribution in [0.2, 0.25) is 0 Å². The predicted octanol–water partition coefficient (Wildman–Crippen LogP) is 2.98. The minimum Gasteiger partial charge on any atom is -0.313 e. The van der Waals surface area contributed by atoms with E-state index in [1.54, 1.807) is 0 Å². The van der Waals surface area contributed by atoms with Gasteiger partial charge in [-0.3, -0.25) is 4.90 Å². The van der Waals surface area contributed by atoms with Gasteiger partial charge in [0.2, 0.25) is 0 Å². The van der Waals surface area contributed by atoms with Crippen LogP contribution < -0.4 is 5.32 Å². The lowest BCUT2D eigenvalue weighted by molar-refractivity contribution is 0.116. The summed E-state index contributed by atoms with van der Waals surface area (Å²) in [7, 11) is 0. The van der Waals surface area contributed by atoms with E-state index >= 15 is 0 Å². The first-order valence-corrected chi connectivity index (χ1v) is 8.70. The molecule has 2 fully saturated rings. The third-order valence-electron chi connectivity index (χ3n) is 4.32. The molecule has 106 valence electrons. The van der Waals surface area contributed by atoms with Crippen LogP contribution in [-0.4, -0.2) is 47.6 Å². The second-order valence-corrected chi connectivity index (χ2v) is 8.15. The molecule has 2 atom stereocenters. The number of hydrogen-bond acceptors (Lipinski definition) is 3. The van der Waals surface area contributed by atoms with E-state index in [1.165, 1.54) is 43.9 Å². The number of nitrogens with zero attached hydrogens (tertiary/aromatic N) is 1. The highest BCUT2D eigenvalue weighted by molar-refractivity contribution is 7.99. The lowest BCUT2D eigenvalue weighted by Crippen LogP contribution is -2.51. The van der Waals surface area contributed by atoms with Gasteiger partial charge in [0.05, 0.1) is 0 Å². The zero-order valence-corrected chi connectivity index (χ0v) is 13.4. The Kier molecular flexibility index (Phi) is 5.01. The molecule has 0 saturated carbocycles. The van der Waals surface area contributed by atoms with Crippen LogP contribution in [0.5, 0.6) is 0 Å². The Balaban J connectivity index is 1.95. The molecule has 0 aliphatic carbocycles. The minimum atomic E-state index is 0.518. The fraction of sp³-hybridized carbons (Fsp3) is 1.00. The summed E-state index contributed by atoms with van der Waals surface area (Å²) in [5.41, 5.74) is 0.518. The molecule has 0 spiro atoms. The van der Waals surface area contributed by atoms with Crippen molar-refractivity contribution in [3.8, 4) is 0 Å². The van der Waals surface area contributed by atoms with Crippen LogP contribution >= 0.6 is 11.8 Å². The fourth-order valence-electron chi connectivity index (χ4n) is 3.39. The average Bonchev–Trinajstić information content (AvgIpc) is 2.76. The normalized spacial score (nSPS) is 32.3. The maximum atomic E-state index is 3.65. The van der Waals surface area contributed by atoms with Crippen molar-refractivity contribution < 1.29 is 0 Å². The van der Waals surface area contributed by atoms with Gasteiger partial charge in [0.15, 0.2) is 0 Å². The predicted molar refractivity (Wildman–Crippen MR) is 82.4 cm³/mol. The molecule has 0 bridgehead atoms. The van der Waals surface area contributed by atoms with Crippen molar-refractivity contribution in [1.82, 2.24) is 10.2 Å². The topological polar surface area (TPSA) is 15.3 Å². The van der Waals surface area contributed by atoms with Gasteiger partial charge < -0.3 is 5.32 Å². The van der Waals surface area contributed by atoms with Crippen LogP contribution in [0.15, 0.2) is 0 Å². The van der Waals surface area contributed by atoms with Gasteiger partial charge in [-0.15, -0.1) is 0 Å². The zero-order chi connectivity index (χ0) is 13.2. The molecule has 2 rings (SSSR count). The van der Waals surface area contributed by atoms with Gasteiger partial charge in [-0.2, -0.15) is 11.8 Å². The maximum Gasteiger partial charge on any atom is 0.0195 e. The Morgan fingerprint density at radius 3 is 2.72 bits per heavy atom. The Hall–Kier alpha value is 0.270. The summed E-state index contributed by atoms with van der Waals surface area (Å²) in [6.45, 7) is 12.1. The van der Waals surface area contributed by atoms with E-state index in [4.69, 9.17) is 0 Å². The molecule has 1 N–H and O–H groups in total. The van der Waals surface area contributed by atoms with E-state index in [0.717, 1.165) is 12.1 Å². The zero-order valence-electron chi connectivity index (χ0n) is 12.5. The standard InChI is InChI=1S/C15H30N2S/c1-12(2)17(9-13-6-5-7-16-13)14-8-15(3,4)11-18-10-14/h12-14,16H,5-11H2,1-4H3. The van der Waals surface area contributed by atoms with Crippen molar-refractivity contribution in [2.75, 3.05) is 24.6 Å². The van der Waals surface area contributed by atoms with Crippen molar-refractivity contribution in [2.45, 2.75) is 65.1 Å². The van der Waals surface area contributed by atoms with E-state index in [9.17, 15) is 0 Å². The van der Waals surface area contributed by atoms with Gasteiger partial charge in [-0.1, -0.05) is 13.8 Å². The third-order valence-corrected chi connectivity index (χ3v) is 5.92. The van der Waals surface area contributed by atoms with Crippen molar-refractivity contribution in [2.24, 2.45) is 5.41 Å². The second kappa shape index (κ2) is 6.15.